The molecule has 1 aromatic rings. The second-order valence-corrected chi connectivity index (χ2v) is 5.18. The van der Waals surface area contributed by atoms with Crippen LogP contribution in [0.2, 0.25) is 0 Å². The topological polar surface area (TPSA) is 83.7 Å². The van der Waals surface area contributed by atoms with E-state index in [0.717, 1.165) is 0 Å². The van der Waals surface area contributed by atoms with Crippen LogP contribution >= 0.6 is 0 Å². The maximum Gasteiger partial charge on any atom is 0.282 e. The largest absolute Gasteiger partial charge is 0.388 e. The van der Waals surface area contributed by atoms with Gasteiger partial charge in [0.25, 0.3) is 5.69 Å². The Balaban J connectivity index is 2.37. The summed E-state index contributed by atoms with van der Waals surface area (Å²) < 4.78 is 0. The molecular formula is C13H16N2O4. The number of benzene rings is 1. The summed E-state index contributed by atoms with van der Waals surface area (Å²) in [7, 11) is 0. The Bertz CT molecular complexity index is 539. The van der Waals surface area contributed by atoms with Gasteiger partial charge in [-0.25, -0.2) is 0 Å². The van der Waals surface area contributed by atoms with Crippen LogP contribution in [0, 0.1) is 10.1 Å². The van der Waals surface area contributed by atoms with Crippen molar-refractivity contribution in [3.05, 3.63) is 33.9 Å². The number of nitro benzene ring substituents is 1. The molecule has 1 aliphatic heterocycles. The van der Waals surface area contributed by atoms with E-state index < -0.39 is 10.5 Å². The number of ketones is 1. The monoisotopic (exact) mass is 264 g/mol. The second-order valence-electron chi connectivity index (χ2n) is 5.18. The van der Waals surface area contributed by atoms with Gasteiger partial charge in [0.1, 0.15) is 0 Å². The Hall–Kier alpha value is -1.95. The van der Waals surface area contributed by atoms with Crippen LogP contribution in [0.25, 0.3) is 0 Å². The standard InChI is InChI=1S/C13H16N2O4/c1-9(16)11-4-3-10(7-12(11)15(18)19)14-6-5-13(2,17)8-14/h3-4,7,17H,5-6,8H2,1-2H3. The van der Waals surface area contributed by atoms with Crippen LogP contribution in [0.3, 0.4) is 0 Å². The quantitative estimate of drug-likeness (QED) is 0.511. The zero-order valence-corrected chi connectivity index (χ0v) is 10.9. The minimum absolute atomic E-state index is 0.111. The summed E-state index contributed by atoms with van der Waals surface area (Å²) in [5.41, 5.74) is -0.181. The van der Waals surface area contributed by atoms with E-state index in [1.807, 2.05) is 4.90 Å². The van der Waals surface area contributed by atoms with E-state index in [1.165, 1.54) is 19.1 Å². The van der Waals surface area contributed by atoms with Gasteiger partial charge < -0.3 is 10.0 Å². The van der Waals surface area contributed by atoms with Crippen LogP contribution < -0.4 is 4.90 Å². The van der Waals surface area contributed by atoms with Crippen molar-refractivity contribution in [1.29, 1.82) is 0 Å². The Labute approximate surface area is 110 Å². The van der Waals surface area contributed by atoms with E-state index >= 15 is 0 Å². The summed E-state index contributed by atoms with van der Waals surface area (Å²) in [5, 5.41) is 20.9. The molecule has 1 aliphatic rings. The highest BCUT2D eigenvalue weighted by atomic mass is 16.6. The molecule has 2 rings (SSSR count). The van der Waals surface area contributed by atoms with Crippen LogP contribution in [0.5, 0.6) is 0 Å². The van der Waals surface area contributed by atoms with Crippen molar-refractivity contribution in [1.82, 2.24) is 0 Å². The zero-order valence-electron chi connectivity index (χ0n) is 10.9. The summed E-state index contributed by atoms with van der Waals surface area (Å²) in [6, 6.07) is 4.56. The summed E-state index contributed by atoms with van der Waals surface area (Å²) in [6.07, 6.45) is 0.620. The predicted octanol–water partition coefficient (Wildman–Crippen LogP) is 1.76. The van der Waals surface area contributed by atoms with Crippen LogP contribution in [-0.2, 0) is 0 Å². The first-order valence-corrected chi connectivity index (χ1v) is 6.07. The van der Waals surface area contributed by atoms with E-state index in [-0.39, 0.29) is 17.0 Å². The number of hydrogen-bond donors (Lipinski definition) is 1. The molecule has 0 saturated carbocycles. The van der Waals surface area contributed by atoms with Gasteiger partial charge in [-0.1, -0.05) is 0 Å². The summed E-state index contributed by atoms with van der Waals surface area (Å²) in [5.74, 6) is -0.327. The number of aliphatic hydroxyl groups is 1. The molecule has 0 amide bonds. The number of hydrogen-bond acceptors (Lipinski definition) is 5. The minimum Gasteiger partial charge on any atom is -0.388 e. The molecule has 1 aromatic carbocycles. The van der Waals surface area contributed by atoms with E-state index in [1.54, 1.807) is 13.0 Å². The molecule has 6 nitrogen and oxygen atoms in total. The van der Waals surface area contributed by atoms with Gasteiger partial charge in [0.05, 0.1) is 16.1 Å². The molecule has 0 radical (unpaired) electrons. The van der Waals surface area contributed by atoms with E-state index in [9.17, 15) is 20.0 Å². The van der Waals surface area contributed by atoms with Gasteiger partial charge in [-0.05, 0) is 32.4 Å². The highest BCUT2D eigenvalue weighted by Crippen LogP contribution is 2.30. The molecule has 1 heterocycles. The fourth-order valence-electron chi connectivity index (χ4n) is 2.33. The van der Waals surface area contributed by atoms with E-state index in [0.29, 0.717) is 25.2 Å². The van der Waals surface area contributed by atoms with E-state index in [4.69, 9.17) is 0 Å². The molecule has 1 N–H and O–H groups in total. The highest BCUT2D eigenvalue weighted by Gasteiger charge is 2.32. The van der Waals surface area contributed by atoms with Gasteiger partial charge in [-0.2, -0.15) is 0 Å². The van der Waals surface area contributed by atoms with Gasteiger partial charge >= 0.3 is 0 Å². The van der Waals surface area contributed by atoms with E-state index in [2.05, 4.69) is 0 Å². The molecule has 1 unspecified atom stereocenters. The molecule has 0 bridgehead atoms. The maximum atomic E-state index is 11.3. The van der Waals surface area contributed by atoms with Crippen LogP contribution in [-0.4, -0.2) is 34.5 Å². The fourth-order valence-corrected chi connectivity index (χ4v) is 2.33. The molecule has 1 atom stereocenters. The third kappa shape index (κ3) is 2.73. The molecule has 1 saturated heterocycles. The average Bonchev–Trinajstić information content (AvgIpc) is 2.68. The number of β-amino-alcohol motifs (C(OH)–C–C–N with tert-alkyl or cyclic N) is 1. The average molecular weight is 264 g/mol. The van der Waals surface area contributed by atoms with Crippen molar-refractivity contribution in [2.24, 2.45) is 0 Å². The molecular weight excluding hydrogens is 248 g/mol. The van der Waals surface area contributed by atoms with Gasteiger partial charge in [-0.15, -0.1) is 0 Å². The van der Waals surface area contributed by atoms with Gasteiger partial charge in [0, 0.05) is 24.8 Å². The molecule has 0 spiro atoms. The number of rotatable bonds is 3. The van der Waals surface area contributed by atoms with Crippen LogP contribution in [0.1, 0.15) is 30.6 Å². The molecule has 102 valence electrons. The third-order valence-electron chi connectivity index (χ3n) is 3.37. The Morgan fingerprint density at radius 1 is 1.53 bits per heavy atom. The van der Waals surface area contributed by atoms with Crippen LogP contribution in [0.4, 0.5) is 11.4 Å². The van der Waals surface area contributed by atoms with Crippen molar-refractivity contribution in [3.8, 4) is 0 Å². The van der Waals surface area contributed by atoms with Gasteiger partial charge in [0.2, 0.25) is 0 Å². The first-order valence-electron chi connectivity index (χ1n) is 6.07. The van der Waals surface area contributed by atoms with Gasteiger partial charge in [-0.3, -0.25) is 14.9 Å². The Morgan fingerprint density at radius 3 is 2.68 bits per heavy atom. The Morgan fingerprint density at radius 2 is 2.21 bits per heavy atom. The number of nitro groups is 1. The maximum absolute atomic E-state index is 11.3. The van der Waals surface area contributed by atoms with Crippen molar-refractivity contribution >= 4 is 17.2 Å². The minimum atomic E-state index is -0.770. The number of carbonyl (C=O) groups excluding carboxylic acids is 1. The summed E-state index contributed by atoms with van der Waals surface area (Å²) in [6.45, 7) is 4.13. The lowest BCUT2D eigenvalue weighted by Crippen LogP contribution is -2.29. The Kier molecular flexibility index (Phi) is 3.28. The molecule has 6 heteroatoms. The SMILES string of the molecule is CC(=O)c1ccc(N2CCC(C)(O)C2)cc1[N+](=O)[O-]. The fraction of sp³-hybridized carbons (Fsp3) is 0.462. The van der Waals surface area contributed by atoms with Crippen LogP contribution in [0.15, 0.2) is 18.2 Å². The predicted molar refractivity (Wildman–Crippen MR) is 70.6 cm³/mol. The number of nitrogens with zero attached hydrogens (tertiary/aromatic N) is 2. The molecule has 19 heavy (non-hydrogen) atoms. The number of anilines is 1. The lowest BCUT2D eigenvalue weighted by atomic mass is 10.1. The summed E-state index contributed by atoms with van der Waals surface area (Å²) in [4.78, 5) is 23.7. The smallest absolute Gasteiger partial charge is 0.282 e. The lowest BCUT2D eigenvalue weighted by Gasteiger charge is -2.20. The molecule has 0 aromatic heterocycles. The third-order valence-corrected chi connectivity index (χ3v) is 3.37. The van der Waals surface area contributed by atoms with Crippen molar-refractivity contribution in [2.45, 2.75) is 25.9 Å². The lowest BCUT2D eigenvalue weighted by molar-refractivity contribution is -0.385. The van der Waals surface area contributed by atoms with Crippen molar-refractivity contribution in [2.75, 3.05) is 18.0 Å². The molecule has 0 aliphatic carbocycles. The second kappa shape index (κ2) is 4.62. The van der Waals surface area contributed by atoms with Gasteiger partial charge in [0.15, 0.2) is 5.78 Å². The first-order chi connectivity index (χ1) is 8.80. The summed E-state index contributed by atoms with van der Waals surface area (Å²) >= 11 is 0. The first kappa shape index (κ1) is 13.5. The van der Waals surface area contributed by atoms with Crippen molar-refractivity contribution < 1.29 is 14.8 Å². The normalized spacial score (nSPS) is 22.6. The number of carbonyl (C=O) groups is 1. The zero-order chi connectivity index (χ0) is 14.2. The van der Waals surface area contributed by atoms with Crippen molar-refractivity contribution in [3.63, 3.8) is 0 Å². The number of Topliss-reactive ketones (excluding diaryl/α,β-unsaturated/α-hetero) is 1. The highest BCUT2D eigenvalue weighted by molar-refractivity contribution is 5.98. The molecule has 1 fully saturated rings.